The molecule has 0 spiro atoms. The second kappa shape index (κ2) is 19.6. The summed E-state index contributed by atoms with van der Waals surface area (Å²) in [6, 6.07) is 0. The van der Waals surface area contributed by atoms with E-state index in [-0.39, 0.29) is 19.2 Å². The predicted molar refractivity (Wildman–Crippen MR) is 106 cm³/mol. The van der Waals surface area contributed by atoms with Gasteiger partial charge in [-0.2, -0.15) is 0 Å². The molecule has 0 aliphatic heterocycles. The van der Waals surface area contributed by atoms with E-state index in [2.05, 4.69) is 0 Å². The van der Waals surface area contributed by atoms with Crippen LogP contribution in [-0.4, -0.2) is 46.6 Å². The summed E-state index contributed by atoms with van der Waals surface area (Å²) in [4.78, 5) is 21.8. The van der Waals surface area contributed by atoms with Crippen LogP contribution in [0.15, 0.2) is 0 Å². The van der Waals surface area contributed by atoms with Crippen LogP contribution in [0.2, 0.25) is 0 Å². The van der Waals surface area contributed by atoms with Crippen LogP contribution < -0.4 is 0 Å². The first-order valence-electron chi connectivity index (χ1n) is 10.7. The molecule has 0 saturated heterocycles. The van der Waals surface area contributed by atoms with Gasteiger partial charge in [-0.3, -0.25) is 9.59 Å². The largest absolute Gasteiger partial charge is 0.481 e. The Morgan fingerprint density at radius 2 is 1.04 bits per heavy atom. The Morgan fingerprint density at radius 1 is 0.667 bits per heavy atom. The molecule has 0 aliphatic carbocycles. The van der Waals surface area contributed by atoms with Gasteiger partial charge in [-0.1, -0.05) is 77.0 Å². The highest BCUT2D eigenvalue weighted by Crippen LogP contribution is 2.13. The zero-order valence-corrected chi connectivity index (χ0v) is 16.9. The number of hydrogen-bond donors (Lipinski definition) is 3. The summed E-state index contributed by atoms with van der Waals surface area (Å²) in [6.45, 7) is -0.512. The van der Waals surface area contributed by atoms with Gasteiger partial charge in [0, 0.05) is 12.8 Å². The number of aliphatic carboxylic acids is 1. The van der Waals surface area contributed by atoms with E-state index in [9.17, 15) is 9.59 Å². The summed E-state index contributed by atoms with van der Waals surface area (Å²) in [6.07, 6.45) is 15.8. The molecule has 0 aromatic carbocycles. The molecule has 0 fully saturated rings. The molecule has 6 heteroatoms. The zero-order valence-electron chi connectivity index (χ0n) is 16.9. The van der Waals surface area contributed by atoms with Crippen molar-refractivity contribution in [3.63, 3.8) is 0 Å². The third kappa shape index (κ3) is 21.0. The maximum absolute atomic E-state index is 11.4. The van der Waals surface area contributed by atoms with E-state index in [1.165, 1.54) is 51.4 Å². The van der Waals surface area contributed by atoms with E-state index >= 15 is 0 Å². The van der Waals surface area contributed by atoms with Crippen LogP contribution in [-0.2, 0) is 14.3 Å². The van der Waals surface area contributed by atoms with Crippen LogP contribution in [0.5, 0.6) is 0 Å². The lowest BCUT2D eigenvalue weighted by molar-refractivity contribution is -0.147. The molecule has 3 N–H and O–H groups in total. The number of rotatable bonds is 20. The van der Waals surface area contributed by atoms with Gasteiger partial charge in [0.25, 0.3) is 0 Å². The Bertz CT molecular complexity index is 359. The lowest BCUT2D eigenvalue weighted by atomic mass is 10.0. The highest BCUT2D eigenvalue weighted by Gasteiger charge is 2.07. The predicted octanol–water partition coefficient (Wildman–Crippen LogP) is 4.21. The summed E-state index contributed by atoms with van der Waals surface area (Å²) < 4.78 is 4.85. The van der Waals surface area contributed by atoms with E-state index in [0.717, 1.165) is 38.5 Å². The molecule has 0 heterocycles. The Labute approximate surface area is 164 Å². The minimum atomic E-state index is -0.974. The normalized spacial score (nSPS) is 12.1. The number of ether oxygens (including phenoxy) is 1. The van der Waals surface area contributed by atoms with Crippen molar-refractivity contribution < 1.29 is 29.6 Å². The molecule has 1 unspecified atom stereocenters. The molecule has 0 amide bonds. The zero-order chi connectivity index (χ0) is 20.2. The fourth-order valence-corrected chi connectivity index (χ4v) is 2.98. The van der Waals surface area contributed by atoms with Gasteiger partial charge in [0.15, 0.2) is 0 Å². The van der Waals surface area contributed by atoms with Crippen LogP contribution in [0.25, 0.3) is 0 Å². The van der Waals surface area contributed by atoms with E-state index < -0.39 is 12.1 Å². The van der Waals surface area contributed by atoms with Gasteiger partial charge in [0.2, 0.25) is 0 Å². The smallest absolute Gasteiger partial charge is 0.305 e. The first-order valence-corrected chi connectivity index (χ1v) is 10.7. The van der Waals surface area contributed by atoms with Crippen LogP contribution in [0.4, 0.5) is 0 Å². The molecule has 0 aliphatic rings. The number of carbonyl (C=O) groups excluding carboxylic acids is 1. The Hall–Kier alpha value is -1.14. The number of carboxylic acids is 1. The number of carbonyl (C=O) groups is 2. The molecule has 160 valence electrons. The van der Waals surface area contributed by atoms with Crippen molar-refractivity contribution in [2.24, 2.45) is 0 Å². The standard InChI is InChI=1S/C21H40O6/c22-17-19(23)18-27-21(26)16-14-12-10-8-6-4-2-1-3-5-7-9-11-13-15-20(24)25/h19,22-23H,1-18H2,(H,24,25). The summed E-state index contributed by atoms with van der Waals surface area (Å²) in [5.74, 6) is -0.989. The van der Waals surface area contributed by atoms with Crippen molar-refractivity contribution in [3.05, 3.63) is 0 Å². The van der Waals surface area contributed by atoms with Crippen molar-refractivity contribution in [2.45, 2.75) is 109 Å². The SMILES string of the molecule is O=C(O)CCCCCCCCCCCCCCCCC(=O)OCC(O)CO. The molecular formula is C21H40O6. The molecular weight excluding hydrogens is 348 g/mol. The van der Waals surface area contributed by atoms with Crippen LogP contribution in [0, 0.1) is 0 Å². The summed E-state index contributed by atoms with van der Waals surface area (Å²) in [5, 5.41) is 26.3. The van der Waals surface area contributed by atoms with Crippen molar-refractivity contribution >= 4 is 11.9 Å². The van der Waals surface area contributed by atoms with Gasteiger partial charge in [-0.15, -0.1) is 0 Å². The molecule has 1 atom stereocenters. The highest BCUT2D eigenvalue weighted by atomic mass is 16.5. The third-order valence-electron chi connectivity index (χ3n) is 4.67. The molecule has 0 aromatic heterocycles. The quantitative estimate of drug-likeness (QED) is 0.213. The molecule has 6 nitrogen and oxygen atoms in total. The average molecular weight is 389 g/mol. The third-order valence-corrected chi connectivity index (χ3v) is 4.67. The van der Waals surface area contributed by atoms with E-state index in [0.29, 0.717) is 12.8 Å². The van der Waals surface area contributed by atoms with Crippen molar-refractivity contribution in [3.8, 4) is 0 Å². The lowest BCUT2D eigenvalue weighted by Crippen LogP contribution is -2.21. The lowest BCUT2D eigenvalue weighted by Gasteiger charge is -2.08. The maximum atomic E-state index is 11.4. The molecule has 0 radical (unpaired) electrons. The van der Waals surface area contributed by atoms with Gasteiger partial charge < -0.3 is 20.1 Å². The molecule has 0 aromatic rings. The van der Waals surface area contributed by atoms with E-state index in [1.54, 1.807) is 0 Å². The number of esters is 1. The fraction of sp³-hybridized carbons (Fsp3) is 0.905. The average Bonchev–Trinajstić information content (AvgIpc) is 2.65. The Morgan fingerprint density at radius 3 is 1.41 bits per heavy atom. The minimum Gasteiger partial charge on any atom is -0.481 e. The molecule has 27 heavy (non-hydrogen) atoms. The van der Waals surface area contributed by atoms with Crippen LogP contribution in [0.1, 0.15) is 103 Å². The van der Waals surface area contributed by atoms with Crippen LogP contribution in [0.3, 0.4) is 0 Å². The van der Waals surface area contributed by atoms with Gasteiger partial charge in [0.05, 0.1) is 6.61 Å². The fourth-order valence-electron chi connectivity index (χ4n) is 2.98. The van der Waals surface area contributed by atoms with Gasteiger partial charge in [-0.25, -0.2) is 0 Å². The van der Waals surface area contributed by atoms with E-state index in [1.807, 2.05) is 0 Å². The highest BCUT2D eigenvalue weighted by molar-refractivity contribution is 5.69. The van der Waals surface area contributed by atoms with Crippen LogP contribution >= 0.6 is 0 Å². The summed E-state index contributed by atoms with van der Waals surface area (Å²) in [7, 11) is 0. The number of unbranched alkanes of at least 4 members (excludes halogenated alkanes) is 13. The maximum Gasteiger partial charge on any atom is 0.305 e. The molecule has 0 saturated carbocycles. The number of aliphatic hydroxyl groups excluding tert-OH is 2. The monoisotopic (exact) mass is 388 g/mol. The first-order chi connectivity index (χ1) is 13.1. The van der Waals surface area contributed by atoms with Crippen molar-refractivity contribution in [1.82, 2.24) is 0 Å². The molecule has 0 bridgehead atoms. The van der Waals surface area contributed by atoms with Crippen molar-refractivity contribution in [2.75, 3.05) is 13.2 Å². The second-order valence-corrected chi connectivity index (χ2v) is 7.36. The summed E-state index contributed by atoms with van der Waals surface area (Å²) in [5.41, 5.74) is 0. The van der Waals surface area contributed by atoms with Crippen molar-refractivity contribution in [1.29, 1.82) is 0 Å². The molecule has 0 rings (SSSR count). The van der Waals surface area contributed by atoms with Gasteiger partial charge in [0.1, 0.15) is 12.7 Å². The van der Waals surface area contributed by atoms with E-state index in [4.69, 9.17) is 20.1 Å². The summed E-state index contributed by atoms with van der Waals surface area (Å²) >= 11 is 0. The first kappa shape index (κ1) is 25.9. The number of hydrogen-bond acceptors (Lipinski definition) is 5. The Balaban J connectivity index is 3.14. The number of carboxylic acid groups (broad SMARTS) is 1. The Kier molecular flexibility index (Phi) is 18.8. The van der Waals surface area contributed by atoms with Gasteiger partial charge >= 0.3 is 11.9 Å². The second-order valence-electron chi connectivity index (χ2n) is 7.36. The minimum absolute atomic E-state index is 0.125. The number of aliphatic hydroxyl groups is 2. The topological polar surface area (TPSA) is 104 Å². The van der Waals surface area contributed by atoms with Gasteiger partial charge in [-0.05, 0) is 12.8 Å².